The van der Waals surface area contributed by atoms with Crippen LogP contribution < -0.4 is 0 Å². The Bertz CT molecular complexity index is 330. The van der Waals surface area contributed by atoms with Gasteiger partial charge in [0.25, 0.3) is 0 Å². The van der Waals surface area contributed by atoms with Gasteiger partial charge in [-0.25, -0.2) is 0 Å². The van der Waals surface area contributed by atoms with Gasteiger partial charge in [-0.15, -0.1) is 0 Å². The van der Waals surface area contributed by atoms with Crippen molar-refractivity contribution in [2.75, 3.05) is 19.6 Å². The molecule has 110 valence electrons. The van der Waals surface area contributed by atoms with Crippen LogP contribution in [-0.4, -0.2) is 58.0 Å². The van der Waals surface area contributed by atoms with E-state index >= 15 is 0 Å². The van der Waals surface area contributed by atoms with Gasteiger partial charge >= 0.3 is 5.97 Å². The normalized spacial score (nSPS) is 17.8. The SMILES string of the molecule is CC(C(=O)N1CCCC1)N(CCC(=O)O)C(C)(C)C. The molecule has 1 amide bonds. The van der Waals surface area contributed by atoms with E-state index in [1.54, 1.807) is 0 Å². The van der Waals surface area contributed by atoms with Crippen LogP contribution in [0.2, 0.25) is 0 Å². The van der Waals surface area contributed by atoms with E-state index in [-0.39, 0.29) is 23.9 Å². The summed E-state index contributed by atoms with van der Waals surface area (Å²) in [5.74, 6) is -0.701. The molecule has 0 saturated carbocycles. The van der Waals surface area contributed by atoms with E-state index in [0.717, 1.165) is 25.9 Å². The summed E-state index contributed by atoms with van der Waals surface area (Å²) in [4.78, 5) is 27.1. The minimum absolute atomic E-state index is 0.0644. The largest absolute Gasteiger partial charge is 0.481 e. The Balaban J connectivity index is 2.72. The molecule has 1 atom stereocenters. The Morgan fingerprint density at radius 3 is 2.21 bits per heavy atom. The highest BCUT2D eigenvalue weighted by molar-refractivity contribution is 5.82. The van der Waals surface area contributed by atoms with Crippen molar-refractivity contribution in [3.63, 3.8) is 0 Å². The molecule has 1 aliphatic rings. The molecule has 0 aromatic carbocycles. The summed E-state index contributed by atoms with van der Waals surface area (Å²) in [6.07, 6.45) is 2.21. The first-order valence-electron chi connectivity index (χ1n) is 7.01. The molecule has 0 radical (unpaired) electrons. The zero-order chi connectivity index (χ0) is 14.6. The summed E-state index contributed by atoms with van der Waals surface area (Å²) in [6, 6.07) is -0.266. The van der Waals surface area contributed by atoms with Crippen LogP contribution in [0.25, 0.3) is 0 Å². The van der Waals surface area contributed by atoms with Crippen molar-refractivity contribution >= 4 is 11.9 Å². The number of amides is 1. The van der Waals surface area contributed by atoms with Gasteiger partial charge in [-0.2, -0.15) is 0 Å². The Morgan fingerprint density at radius 1 is 1.26 bits per heavy atom. The second kappa shape index (κ2) is 6.37. The van der Waals surface area contributed by atoms with Crippen LogP contribution in [0.15, 0.2) is 0 Å². The van der Waals surface area contributed by atoms with Gasteiger partial charge in [0.1, 0.15) is 0 Å². The van der Waals surface area contributed by atoms with Crippen molar-refractivity contribution < 1.29 is 14.7 Å². The van der Waals surface area contributed by atoms with Gasteiger partial charge in [0.15, 0.2) is 0 Å². The van der Waals surface area contributed by atoms with Crippen LogP contribution >= 0.6 is 0 Å². The number of rotatable bonds is 5. The summed E-state index contributed by atoms with van der Waals surface area (Å²) in [5, 5.41) is 8.84. The molecule has 0 aromatic heterocycles. The van der Waals surface area contributed by atoms with Crippen LogP contribution in [0.5, 0.6) is 0 Å². The molecule has 1 fully saturated rings. The number of likely N-dealkylation sites (tertiary alicyclic amines) is 1. The fraction of sp³-hybridized carbons (Fsp3) is 0.857. The quantitative estimate of drug-likeness (QED) is 0.824. The second-order valence-corrected chi connectivity index (χ2v) is 6.22. The molecule has 5 nitrogen and oxygen atoms in total. The van der Waals surface area contributed by atoms with Crippen LogP contribution in [0.4, 0.5) is 0 Å². The van der Waals surface area contributed by atoms with Gasteiger partial charge in [0, 0.05) is 25.2 Å². The predicted octanol–water partition coefficient (Wildman–Crippen LogP) is 1.57. The lowest BCUT2D eigenvalue weighted by molar-refractivity contribution is -0.141. The highest BCUT2D eigenvalue weighted by atomic mass is 16.4. The third-order valence-corrected chi connectivity index (χ3v) is 3.67. The summed E-state index contributed by atoms with van der Waals surface area (Å²) in [7, 11) is 0. The van der Waals surface area contributed by atoms with E-state index in [1.165, 1.54) is 0 Å². The molecule has 1 N–H and O–H groups in total. The molecule has 0 spiro atoms. The second-order valence-electron chi connectivity index (χ2n) is 6.22. The molecule has 1 aliphatic heterocycles. The Morgan fingerprint density at radius 2 is 1.79 bits per heavy atom. The van der Waals surface area contributed by atoms with E-state index in [4.69, 9.17) is 5.11 Å². The number of carbonyl (C=O) groups is 2. The zero-order valence-corrected chi connectivity index (χ0v) is 12.5. The summed E-state index contributed by atoms with van der Waals surface area (Å²) < 4.78 is 0. The molecule has 0 bridgehead atoms. The van der Waals surface area contributed by atoms with Crippen molar-refractivity contribution in [3.8, 4) is 0 Å². The van der Waals surface area contributed by atoms with E-state index < -0.39 is 5.97 Å². The molecular formula is C14H26N2O3. The zero-order valence-electron chi connectivity index (χ0n) is 12.5. The fourth-order valence-corrected chi connectivity index (χ4v) is 2.66. The van der Waals surface area contributed by atoms with Crippen molar-refractivity contribution in [2.24, 2.45) is 0 Å². The maximum absolute atomic E-state index is 12.4. The number of nitrogens with zero attached hydrogens (tertiary/aromatic N) is 2. The highest BCUT2D eigenvalue weighted by Crippen LogP contribution is 2.20. The lowest BCUT2D eigenvalue weighted by Crippen LogP contribution is -2.54. The molecule has 19 heavy (non-hydrogen) atoms. The van der Waals surface area contributed by atoms with E-state index in [0.29, 0.717) is 6.54 Å². The third kappa shape index (κ3) is 4.49. The topological polar surface area (TPSA) is 60.9 Å². The van der Waals surface area contributed by atoms with E-state index in [9.17, 15) is 9.59 Å². The first kappa shape index (κ1) is 16.0. The monoisotopic (exact) mass is 270 g/mol. The van der Waals surface area contributed by atoms with Gasteiger partial charge < -0.3 is 10.0 Å². The first-order chi connectivity index (χ1) is 8.73. The number of carboxylic acids is 1. The van der Waals surface area contributed by atoms with Crippen molar-refractivity contribution in [1.29, 1.82) is 0 Å². The number of aliphatic carboxylic acids is 1. The molecule has 1 heterocycles. The Kier molecular flexibility index (Phi) is 5.35. The van der Waals surface area contributed by atoms with Crippen LogP contribution in [0.3, 0.4) is 0 Å². The Labute approximate surface area is 115 Å². The van der Waals surface area contributed by atoms with Gasteiger partial charge in [-0.3, -0.25) is 14.5 Å². The minimum Gasteiger partial charge on any atom is -0.481 e. The number of carboxylic acid groups (broad SMARTS) is 1. The predicted molar refractivity (Wildman–Crippen MR) is 74.0 cm³/mol. The lowest BCUT2D eigenvalue weighted by Gasteiger charge is -2.40. The van der Waals surface area contributed by atoms with E-state index in [2.05, 4.69) is 0 Å². The third-order valence-electron chi connectivity index (χ3n) is 3.67. The summed E-state index contributed by atoms with van der Waals surface area (Å²) in [6.45, 7) is 10.0. The molecular weight excluding hydrogens is 244 g/mol. The standard InChI is InChI=1S/C14H26N2O3/c1-11(13(19)15-8-5-6-9-15)16(14(2,3)4)10-7-12(17)18/h11H,5-10H2,1-4H3,(H,17,18). The van der Waals surface area contributed by atoms with Crippen molar-refractivity contribution in [2.45, 2.75) is 58.5 Å². The number of carbonyl (C=O) groups excluding carboxylic acids is 1. The molecule has 5 heteroatoms. The van der Waals surface area contributed by atoms with Crippen LogP contribution in [0.1, 0.15) is 47.0 Å². The molecule has 1 saturated heterocycles. The summed E-state index contributed by atoms with van der Waals surface area (Å²) in [5.41, 5.74) is -0.218. The maximum atomic E-state index is 12.4. The molecule has 1 rings (SSSR count). The van der Waals surface area contributed by atoms with E-state index in [1.807, 2.05) is 37.5 Å². The van der Waals surface area contributed by atoms with Gasteiger partial charge in [0.2, 0.25) is 5.91 Å². The van der Waals surface area contributed by atoms with Crippen molar-refractivity contribution in [3.05, 3.63) is 0 Å². The lowest BCUT2D eigenvalue weighted by atomic mass is 10.0. The first-order valence-corrected chi connectivity index (χ1v) is 7.01. The number of hydrogen-bond acceptors (Lipinski definition) is 3. The smallest absolute Gasteiger partial charge is 0.304 e. The van der Waals surface area contributed by atoms with Crippen molar-refractivity contribution in [1.82, 2.24) is 9.80 Å². The Hall–Kier alpha value is -1.10. The highest BCUT2D eigenvalue weighted by Gasteiger charge is 2.33. The van der Waals surface area contributed by atoms with Gasteiger partial charge in [-0.05, 0) is 40.5 Å². The molecule has 0 aromatic rings. The summed E-state index contributed by atoms with van der Waals surface area (Å²) >= 11 is 0. The van der Waals surface area contributed by atoms with Crippen LogP contribution in [0, 0.1) is 0 Å². The number of hydrogen-bond donors (Lipinski definition) is 1. The van der Waals surface area contributed by atoms with Gasteiger partial charge in [0.05, 0.1) is 12.5 Å². The maximum Gasteiger partial charge on any atom is 0.304 e. The average Bonchev–Trinajstić information content (AvgIpc) is 2.78. The average molecular weight is 270 g/mol. The molecule has 0 aliphatic carbocycles. The molecule has 1 unspecified atom stereocenters. The fourth-order valence-electron chi connectivity index (χ4n) is 2.66. The minimum atomic E-state index is -0.824. The van der Waals surface area contributed by atoms with Crippen LogP contribution in [-0.2, 0) is 9.59 Å². The van der Waals surface area contributed by atoms with Gasteiger partial charge in [-0.1, -0.05) is 0 Å².